The molecule has 0 aliphatic carbocycles. The van der Waals surface area contributed by atoms with Crippen molar-refractivity contribution in [3.63, 3.8) is 0 Å². The molecule has 0 bridgehead atoms. The van der Waals surface area contributed by atoms with E-state index in [4.69, 9.17) is 21.1 Å². The minimum atomic E-state index is -1.33. The molecule has 1 heterocycles. The van der Waals surface area contributed by atoms with E-state index in [1.807, 2.05) is 80.6 Å². The van der Waals surface area contributed by atoms with Gasteiger partial charge in [-0.2, -0.15) is 0 Å². The SMILES string of the molecule is CCOC(CCc1cc(F)c(F)cc1C(=O)O)(OCC)c1cccc(/C=C/c2ccc3ccc(Cl)cc3n2)c1. The number of hydrogen-bond acceptors (Lipinski definition) is 4. The van der Waals surface area contributed by atoms with Gasteiger partial charge in [-0.15, -0.1) is 0 Å². The molecule has 5 nitrogen and oxygen atoms in total. The number of rotatable bonds is 11. The van der Waals surface area contributed by atoms with Gasteiger partial charge in [0.1, 0.15) is 0 Å². The van der Waals surface area contributed by atoms with Crippen LogP contribution in [-0.2, 0) is 21.7 Å². The highest BCUT2D eigenvalue weighted by Crippen LogP contribution is 2.34. The molecule has 1 aromatic heterocycles. The average Bonchev–Trinajstić information content (AvgIpc) is 2.92. The van der Waals surface area contributed by atoms with Crippen LogP contribution in [0.4, 0.5) is 8.78 Å². The molecule has 8 heteroatoms. The maximum Gasteiger partial charge on any atom is 0.336 e. The molecule has 0 aliphatic rings. The summed E-state index contributed by atoms with van der Waals surface area (Å²) >= 11 is 6.11. The average molecular weight is 552 g/mol. The number of aromatic carboxylic acids is 1. The highest BCUT2D eigenvalue weighted by atomic mass is 35.5. The summed E-state index contributed by atoms with van der Waals surface area (Å²) in [5, 5.41) is 11.1. The highest BCUT2D eigenvalue weighted by Gasteiger charge is 2.34. The molecule has 0 saturated heterocycles. The Balaban J connectivity index is 1.65. The Kier molecular flexibility index (Phi) is 9.07. The third-order valence-corrected chi connectivity index (χ3v) is 6.54. The lowest BCUT2D eigenvalue weighted by atomic mass is 9.93. The summed E-state index contributed by atoms with van der Waals surface area (Å²) in [5.74, 6) is -4.88. The second kappa shape index (κ2) is 12.5. The second-order valence-corrected chi connectivity index (χ2v) is 9.32. The van der Waals surface area contributed by atoms with Crippen LogP contribution in [-0.4, -0.2) is 29.3 Å². The number of pyridine rings is 1. The molecular weight excluding hydrogens is 524 g/mol. The van der Waals surface area contributed by atoms with Gasteiger partial charge in [0.05, 0.1) is 16.8 Å². The van der Waals surface area contributed by atoms with Gasteiger partial charge in [-0.3, -0.25) is 0 Å². The largest absolute Gasteiger partial charge is 0.478 e. The molecule has 0 spiro atoms. The highest BCUT2D eigenvalue weighted by molar-refractivity contribution is 6.31. The number of ether oxygens (including phenoxy) is 2. The van der Waals surface area contributed by atoms with Crippen LogP contribution >= 0.6 is 11.6 Å². The summed E-state index contributed by atoms with van der Waals surface area (Å²) < 4.78 is 40.0. The van der Waals surface area contributed by atoms with Gasteiger partial charge in [-0.1, -0.05) is 48.0 Å². The first-order valence-electron chi connectivity index (χ1n) is 12.6. The predicted molar refractivity (Wildman–Crippen MR) is 149 cm³/mol. The van der Waals surface area contributed by atoms with Gasteiger partial charge >= 0.3 is 5.97 Å². The number of aromatic nitrogens is 1. The van der Waals surface area contributed by atoms with Gasteiger partial charge in [0.25, 0.3) is 0 Å². The maximum atomic E-state index is 14.0. The molecule has 4 rings (SSSR count). The fraction of sp³-hybridized carbons (Fsp3) is 0.226. The van der Waals surface area contributed by atoms with Crippen molar-refractivity contribution >= 4 is 40.6 Å². The quantitative estimate of drug-likeness (QED) is 0.192. The van der Waals surface area contributed by atoms with E-state index in [0.29, 0.717) is 29.9 Å². The first-order chi connectivity index (χ1) is 18.7. The van der Waals surface area contributed by atoms with E-state index in [9.17, 15) is 18.7 Å². The molecule has 202 valence electrons. The molecule has 0 radical (unpaired) electrons. The number of nitrogens with zero attached hydrogens (tertiary/aromatic N) is 1. The Morgan fingerprint density at radius 3 is 2.41 bits per heavy atom. The maximum absolute atomic E-state index is 14.0. The van der Waals surface area contributed by atoms with E-state index >= 15 is 0 Å². The van der Waals surface area contributed by atoms with E-state index in [1.165, 1.54) is 0 Å². The van der Waals surface area contributed by atoms with Crippen molar-refractivity contribution in [2.45, 2.75) is 32.5 Å². The van der Waals surface area contributed by atoms with Crippen LogP contribution < -0.4 is 0 Å². The van der Waals surface area contributed by atoms with Crippen LogP contribution in [0.5, 0.6) is 0 Å². The van der Waals surface area contributed by atoms with Gasteiger partial charge in [-0.25, -0.2) is 18.6 Å². The smallest absolute Gasteiger partial charge is 0.336 e. The van der Waals surface area contributed by atoms with Gasteiger partial charge in [0, 0.05) is 35.6 Å². The van der Waals surface area contributed by atoms with Crippen molar-refractivity contribution in [3.8, 4) is 0 Å². The standard InChI is InChI=1S/C31H28ClF2NO4/c1-3-38-31(39-4-2,15-14-22-17-27(33)28(34)19-26(22)30(36)37)23-7-5-6-20(16-23)8-12-25-13-10-21-9-11-24(32)18-29(21)35-25/h5-13,16-19H,3-4,14-15H2,1-2H3,(H,36,37)/b12-8+. The summed E-state index contributed by atoms with van der Waals surface area (Å²) in [4.78, 5) is 16.3. The fourth-order valence-corrected chi connectivity index (χ4v) is 4.68. The van der Waals surface area contributed by atoms with Crippen LogP contribution in [0.15, 0.2) is 66.7 Å². The van der Waals surface area contributed by atoms with Crippen molar-refractivity contribution in [1.82, 2.24) is 4.98 Å². The zero-order valence-electron chi connectivity index (χ0n) is 21.6. The van der Waals surface area contributed by atoms with Crippen LogP contribution in [0.2, 0.25) is 5.02 Å². The minimum absolute atomic E-state index is 0.0858. The molecule has 39 heavy (non-hydrogen) atoms. The number of carbonyl (C=O) groups is 1. The first kappa shape index (κ1) is 28.4. The van der Waals surface area contributed by atoms with E-state index in [2.05, 4.69) is 4.98 Å². The normalized spacial score (nSPS) is 11.9. The number of fused-ring (bicyclic) bond motifs is 1. The van der Waals surface area contributed by atoms with Crippen molar-refractivity contribution < 1.29 is 28.2 Å². The van der Waals surface area contributed by atoms with Crippen molar-refractivity contribution in [1.29, 1.82) is 0 Å². The first-order valence-corrected chi connectivity index (χ1v) is 13.0. The molecule has 0 atom stereocenters. The Morgan fingerprint density at radius 1 is 0.974 bits per heavy atom. The van der Waals surface area contributed by atoms with Crippen LogP contribution in [0.3, 0.4) is 0 Å². The summed E-state index contributed by atoms with van der Waals surface area (Å²) in [6.07, 6.45) is 4.08. The lowest BCUT2D eigenvalue weighted by Gasteiger charge is -2.34. The molecule has 1 N–H and O–H groups in total. The van der Waals surface area contributed by atoms with Gasteiger partial charge in [0.15, 0.2) is 17.4 Å². The monoisotopic (exact) mass is 551 g/mol. The molecule has 0 aliphatic heterocycles. The van der Waals surface area contributed by atoms with E-state index < -0.39 is 23.4 Å². The Hall–Kier alpha value is -3.65. The van der Waals surface area contributed by atoms with Gasteiger partial charge in [0.2, 0.25) is 0 Å². The number of benzene rings is 3. The van der Waals surface area contributed by atoms with Crippen molar-refractivity contribution in [2.75, 3.05) is 13.2 Å². The zero-order chi connectivity index (χ0) is 28.0. The lowest BCUT2D eigenvalue weighted by molar-refractivity contribution is -0.246. The number of carboxylic acids is 1. The van der Waals surface area contributed by atoms with Crippen LogP contribution in [0, 0.1) is 11.6 Å². The van der Waals surface area contributed by atoms with Crippen molar-refractivity contribution in [3.05, 3.63) is 111 Å². The molecule has 0 saturated carbocycles. The third-order valence-electron chi connectivity index (χ3n) is 6.30. The Morgan fingerprint density at radius 2 is 1.69 bits per heavy atom. The molecule has 4 aromatic rings. The van der Waals surface area contributed by atoms with Gasteiger partial charge < -0.3 is 14.6 Å². The number of halogens is 3. The second-order valence-electron chi connectivity index (χ2n) is 8.88. The topological polar surface area (TPSA) is 68.7 Å². The molecule has 0 unspecified atom stereocenters. The molecule has 0 amide bonds. The van der Waals surface area contributed by atoms with Gasteiger partial charge in [-0.05, 0) is 73.9 Å². The summed E-state index contributed by atoms with van der Waals surface area (Å²) in [7, 11) is 0. The number of aryl methyl sites for hydroxylation is 1. The summed E-state index contributed by atoms with van der Waals surface area (Å²) in [6.45, 7) is 4.28. The lowest BCUT2D eigenvalue weighted by Crippen LogP contribution is -2.34. The van der Waals surface area contributed by atoms with Crippen LogP contribution in [0.1, 0.15) is 53.0 Å². The predicted octanol–water partition coefficient (Wildman–Crippen LogP) is 7.89. The molecule has 3 aromatic carbocycles. The zero-order valence-corrected chi connectivity index (χ0v) is 22.3. The number of hydrogen-bond donors (Lipinski definition) is 1. The Bertz CT molecular complexity index is 1520. The molecular formula is C31H28ClF2NO4. The van der Waals surface area contributed by atoms with Crippen molar-refractivity contribution in [2.24, 2.45) is 0 Å². The molecule has 0 fully saturated rings. The van der Waals surface area contributed by atoms with Crippen LogP contribution in [0.25, 0.3) is 23.1 Å². The summed E-state index contributed by atoms with van der Waals surface area (Å²) in [5.41, 5.74) is 2.99. The fourth-order valence-electron chi connectivity index (χ4n) is 4.52. The minimum Gasteiger partial charge on any atom is -0.478 e. The number of carboxylic acid groups (broad SMARTS) is 1. The van der Waals surface area contributed by atoms with E-state index in [0.717, 1.165) is 28.2 Å². The van der Waals surface area contributed by atoms with E-state index in [1.54, 1.807) is 0 Å². The van der Waals surface area contributed by atoms with E-state index in [-0.39, 0.29) is 24.0 Å². The Labute approximate surface area is 230 Å². The summed E-state index contributed by atoms with van der Waals surface area (Å²) in [6, 6.07) is 18.7. The third kappa shape index (κ3) is 6.68.